The van der Waals surface area contributed by atoms with Crippen LogP contribution >= 0.6 is 0 Å². The van der Waals surface area contributed by atoms with Gasteiger partial charge in [-0.05, 0) is 12.1 Å². The Hall–Kier alpha value is -2.74. The number of benzene rings is 1. The van der Waals surface area contributed by atoms with Crippen molar-refractivity contribution in [3.8, 4) is 11.3 Å². The molecular weight excluding hydrogens is 331 g/mol. The van der Waals surface area contributed by atoms with Crippen molar-refractivity contribution in [2.45, 2.75) is 18.9 Å². The number of carboxylic acids is 1. The number of morpholine rings is 1. The van der Waals surface area contributed by atoms with E-state index in [0.717, 1.165) is 0 Å². The summed E-state index contributed by atoms with van der Waals surface area (Å²) in [4.78, 5) is 28.8. The lowest BCUT2D eigenvalue weighted by Crippen LogP contribution is -2.52. The van der Waals surface area contributed by atoms with Gasteiger partial charge in [0, 0.05) is 19.4 Å². The highest BCUT2D eigenvalue weighted by Crippen LogP contribution is 2.23. The Labute approximate surface area is 143 Å². The van der Waals surface area contributed by atoms with Gasteiger partial charge in [-0.15, -0.1) is 0 Å². The molecule has 132 valence electrons. The first-order valence-corrected chi connectivity index (χ1v) is 7.86. The molecule has 2 aromatic rings. The number of aliphatic carboxylic acids is 1. The standard InChI is InChI=1S/C17H17FN2O5/c18-12-4-2-1-3-11(12)14-9-19-15(25-14)5-6-16(21)20-7-8-24-10-13(20)17(22)23/h1-4,9,13H,5-8,10H2,(H,22,23)/t13-/m1/s1. The SMILES string of the molecule is O=C(O)[C@H]1COCCN1C(=O)CCc1ncc(-c2ccccc2F)o1. The molecule has 8 heteroatoms. The van der Waals surface area contributed by atoms with Crippen LogP contribution in [0.2, 0.25) is 0 Å². The van der Waals surface area contributed by atoms with Crippen LogP contribution in [0.5, 0.6) is 0 Å². The van der Waals surface area contributed by atoms with Crippen LogP contribution in [0.15, 0.2) is 34.9 Å². The van der Waals surface area contributed by atoms with E-state index in [1.165, 1.54) is 17.2 Å². The number of aryl methyl sites for hydroxylation is 1. The Morgan fingerprint density at radius 1 is 1.36 bits per heavy atom. The number of oxazole rings is 1. The van der Waals surface area contributed by atoms with E-state index >= 15 is 0 Å². The first kappa shape index (κ1) is 17.1. The predicted octanol–water partition coefficient (Wildman–Crippen LogP) is 1.73. The first-order chi connectivity index (χ1) is 12.1. The normalized spacial score (nSPS) is 17.5. The van der Waals surface area contributed by atoms with Crippen LogP contribution in [0.25, 0.3) is 11.3 Å². The van der Waals surface area contributed by atoms with E-state index in [2.05, 4.69) is 4.98 Å². The van der Waals surface area contributed by atoms with Gasteiger partial charge in [0.25, 0.3) is 0 Å². The van der Waals surface area contributed by atoms with Crippen molar-refractivity contribution in [3.05, 3.63) is 42.2 Å². The van der Waals surface area contributed by atoms with Crippen molar-refractivity contribution in [2.75, 3.05) is 19.8 Å². The third kappa shape index (κ3) is 3.85. The molecule has 1 aliphatic rings. The number of halogens is 1. The van der Waals surface area contributed by atoms with E-state index in [1.54, 1.807) is 18.2 Å². The minimum Gasteiger partial charge on any atom is -0.480 e. The van der Waals surface area contributed by atoms with Gasteiger partial charge in [0.1, 0.15) is 5.82 Å². The summed E-state index contributed by atoms with van der Waals surface area (Å²) in [5.41, 5.74) is 0.298. The molecule has 3 rings (SSSR count). The quantitative estimate of drug-likeness (QED) is 0.884. The number of ether oxygens (including phenoxy) is 1. The third-order valence-corrected chi connectivity index (χ3v) is 3.98. The summed E-state index contributed by atoms with van der Waals surface area (Å²) in [5.74, 6) is -1.23. The number of amides is 1. The highest BCUT2D eigenvalue weighted by atomic mass is 19.1. The average molecular weight is 348 g/mol. The molecular formula is C17H17FN2O5. The monoisotopic (exact) mass is 348 g/mol. The van der Waals surface area contributed by atoms with E-state index in [0.29, 0.717) is 18.1 Å². The minimum atomic E-state index is -1.09. The van der Waals surface area contributed by atoms with Crippen molar-refractivity contribution >= 4 is 11.9 Å². The number of carboxylic acid groups (broad SMARTS) is 1. The minimum absolute atomic E-state index is 0.0164. The Balaban J connectivity index is 1.63. The van der Waals surface area contributed by atoms with Gasteiger partial charge in [-0.25, -0.2) is 14.2 Å². The number of carbonyl (C=O) groups is 2. The Kier molecular flexibility index (Phi) is 5.08. The second-order valence-electron chi connectivity index (χ2n) is 5.61. The zero-order valence-electron chi connectivity index (χ0n) is 13.4. The van der Waals surface area contributed by atoms with E-state index in [4.69, 9.17) is 14.3 Å². The molecule has 0 unspecified atom stereocenters. The number of hydrogen-bond acceptors (Lipinski definition) is 5. The van der Waals surface area contributed by atoms with Gasteiger partial charge in [-0.1, -0.05) is 12.1 Å². The molecule has 1 atom stereocenters. The van der Waals surface area contributed by atoms with Gasteiger partial charge >= 0.3 is 5.97 Å². The fourth-order valence-electron chi connectivity index (χ4n) is 2.68. The number of hydrogen-bond donors (Lipinski definition) is 1. The Morgan fingerprint density at radius 2 is 2.16 bits per heavy atom. The molecule has 2 heterocycles. The summed E-state index contributed by atoms with van der Waals surface area (Å²) in [6, 6.07) is 5.20. The fourth-order valence-corrected chi connectivity index (χ4v) is 2.68. The summed E-state index contributed by atoms with van der Waals surface area (Å²) in [6.45, 7) is 0.533. The van der Waals surface area contributed by atoms with Crippen LogP contribution < -0.4 is 0 Å². The summed E-state index contributed by atoms with van der Waals surface area (Å²) in [5, 5.41) is 9.16. The first-order valence-electron chi connectivity index (χ1n) is 7.86. The van der Waals surface area contributed by atoms with Crippen LogP contribution in [-0.4, -0.2) is 52.7 Å². The van der Waals surface area contributed by atoms with Gasteiger partial charge in [-0.2, -0.15) is 0 Å². The van der Waals surface area contributed by atoms with Crippen molar-refractivity contribution in [3.63, 3.8) is 0 Å². The zero-order chi connectivity index (χ0) is 17.8. The molecule has 7 nitrogen and oxygen atoms in total. The lowest BCUT2D eigenvalue weighted by atomic mass is 10.2. The smallest absolute Gasteiger partial charge is 0.328 e. The number of carbonyl (C=O) groups excluding carboxylic acids is 1. The number of rotatable bonds is 5. The van der Waals surface area contributed by atoms with E-state index in [-0.39, 0.29) is 37.7 Å². The van der Waals surface area contributed by atoms with Gasteiger partial charge in [-0.3, -0.25) is 4.79 Å². The second kappa shape index (κ2) is 7.43. The van der Waals surface area contributed by atoms with Gasteiger partial charge in [0.2, 0.25) is 5.91 Å². The summed E-state index contributed by atoms with van der Waals surface area (Å²) in [6.07, 6.45) is 1.67. The summed E-state index contributed by atoms with van der Waals surface area (Å²) in [7, 11) is 0. The predicted molar refractivity (Wildman–Crippen MR) is 84.2 cm³/mol. The lowest BCUT2D eigenvalue weighted by Gasteiger charge is -2.32. The molecule has 1 fully saturated rings. The average Bonchev–Trinajstić information content (AvgIpc) is 3.08. The van der Waals surface area contributed by atoms with Crippen LogP contribution in [0.4, 0.5) is 4.39 Å². The molecule has 1 aromatic carbocycles. The maximum Gasteiger partial charge on any atom is 0.328 e. The third-order valence-electron chi connectivity index (χ3n) is 3.98. The Bertz CT molecular complexity index is 776. The highest BCUT2D eigenvalue weighted by Gasteiger charge is 2.32. The maximum absolute atomic E-state index is 13.7. The van der Waals surface area contributed by atoms with E-state index in [1.807, 2.05) is 0 Å². The van der Waals surface area contributed by atoms with Crippen LogP contribution in [0.1, 0.15) is 12.3 Å². The molecule has 1 amide bonds. The van der Waals surface area contributed by atoms with Crippen LogP contribution in [0, 0.1) is 5.82 Å². The van der Waals surface area contributed by atoms with E-state index < -0.39 is 17.8 Å². The lowest BCUT2D eigenvalue weighted by molar-refractivity contribution is -0.158. The zero-order valence-corrected chi connectivity index (χ0v) is 13.4. The molecule has 25 heavy (non-hydrogen) atoms. The molecule has 0 saturated carbocycles. The largest absolute Gasteiger partial charge is 0.480 e. The van der Waals surface area contributed by atoms with Crippen molar-refractivity contribution < 1.29 is 28.2 Å². The maximum atomic E-state index is 13.7. The van der Waals surface area contributed by atoms with Crippen molar-refractivity contribution in [1.29, 1.82) is 0 Å². The molecule has 0 bridgehead atoms. The van der Waals surface area contributed by atoms with Gasteiger partial charge < -0.3 is 19.2 Å². The van der Waals surface area contributed by atoms with Gasteiger partial charge in [0.05, 0.1) is 25.0 Å². The van der Waals surface area contributed by atoms with Crippen molar-refractivity contribution in [2.24, 2.45) is 0 Å². The second-order valence-corrected chi connectivity index (χ2v) is 5.61. The molecule has 1 saturated heterocycles. The van der Waals surface area contributed by atoms with Gasteiger partial charge in [0.15, 0.2) is 17.7 Å². The summed E-state index contributed by atoms with van der Waals surface area (Å²) >= 11 is 0. The molecule has 1 aliphatic heterocycles. The molecule has 0 spiro atoms. The highest BCUT2D eigenvalue weighted by molar-refractivity contribution is 5.84. The molecule has 1 N–H and O–H groups in total. The molecule has 0 aliphatic carbocycles. The molecule has 1 aromatic heterocycles. The van der Waals surface area contributed by atoms with Crippen LogP contribution in [-0.2, 0) is 20.7 Å². The number of nitrogens with zero attached hydrogens (tertiary/aromatic N) is 2. The van der Waals surface area contributed by atoms with E-state index in [9.17, 15) is 14.0 Å². The number of aromatic nitrogens is 1. The van der Waals surface area contributed by atoms with Crippen LogP contribution in [0.3, 0.4) is 0 Å². The molecule has 0 radical (unpaired) electrons. The van der Waals surface area contributed by atoms with Crippen molar-refractivity contribution in [1.82, 2.24) is 9.88 Å². The Morgan fingerprint density at radius 3 is 2.92 bits per heavy atom. The summed E-state index contributed by atoms with van der Waals surface area (Å²) < 4.78 is 24.4. The fraction of sp³-hybridized carbons (Fsp3) is 0.353. The topological polar surface area (TPSA) is 92.9 Å².